The molecule has 0 aliphatic heterocycles. The highest BCUT2D eigenvalue weighted by Crippen LogP contribution is 2.36. The summed E-state index contributed by atoms with van der Waals surface area (Å²) in [5, 5.41) is 5.98. The van der Waals surface area contributed by atoms with Crippen molar-refractivity contribution < 1.29 is 13.2 Å². The van der Waals surface area contributed by atoms with E-state index in [2.05, 4.69) is 25.6 Å². The topological polar surface area (TPSA) is 106 Å². The van der Waals surface area contributed by atoms with Gasteiger partial charge in [0.25, 0.3) is 0 Å². The number of hydrogen-bond donors (Lipinski definition) is 2. The second kappa shape index (κ2) is 11.4. The normalized spacial score (nSPS) is 11.6. The Hall–Kier alpha value is -3.69. The van der Waals surface area contributed by atoms with Gasteiger partial charge in [-0.05, 0) is 87.7 Å². The maximum absolute atomic E-state index is 12.9. The lowest BCUT2D eigenvalue weighted by Gasteiger charge is -2.19. The van der Waals surface area contributed by atoms with Crippen LogP contribution in [0.25, 0.3) is 11.1 Å². The zero-order chi connectivity index (χ0) is 27.4. The van der Waals surface area contributed by atoms with Gasteiger partial charge in [-0.15, -0.1) is 0 Å². The number of nitrogens with one attached hydrogen (secondary N) is 2. The molecule has 0 fully saturated rings. The smallest absolute Gasteiger partial charge is 0.229 e. The fourth-order valence-corrected chi connectivity index (χ4v) is 5.15. The van der Waals surface area contributed by atoms with Crippen LogP contribution < -0.4 is 15.4 Å². The van der Waals surface area contributed by atoms with Crippen molar-refractivity contribution in [1.82, 2.24) is 15.0 Å². The molecule has 0 saturated carbocycles. The van der Waals surface area contributed by atoms with Crippen LogP contribution in [0, 0.1) is 6.92 Å². The number of hydrogen-bond acceptors (Lipinski definition) is 8. The summed E-state index contributed by atoms with van der Waals surface area (Å²) in [5.74, 6) is 1.18. The van der Waals surface area contributed by atoms with E-state index in [4.69, 9.17) is 16.3 Å². The number of nitrogens with zero attached hydrogens (tertiary/aromatic N) is 3. The Bertz CT molecular complexity index is 1540. The third-order valence-electron chi connectivity index (χ3n) is 5.74. The van der Waals surface area contributed by atoms with Gasteiger partial charge in [0.15, 0.2) is 15.7 Å². The number of pyridine rings is 1. The minimum atomic E-state index is -3.53. The average molecular weight is 552 g/mol. The van der Waals surface area contributed by atoms with Crippen LogP contribution in [0.2, 0.25) is 5.02 Å². The lowest BCUT2D eigenvalue weighted by Crippen LogP contribution is -2.15. The molecule has 0 saturated heterocycles. The SMILES string of the molecule is Cc1cc(Nc2ncc(Cl)c(Nc3ccccc3S(=O)(=O)C(C)C)n2)c(OC(C)C)cc1-c1ccncc1. The van der Waals surface area contributed by atoms with Crippen LogP contribution in [-0.2, 0) is 9.84 Å². The molecule has 2 N–H and O–H groups in total. The maximum atomic E-state index is 12.9. The Morgan fingerprint density at radius 1 is 0.947 bits per heavy atom. The van der Waals surface area contributed by atoms with Crippen molar-refractivity contribution >= 4 is 44.6 Å². The summed E-state index contributed by atoms with van der Waals surface area (Å²) in [4.78, 5) is 13.1. The minimum absolute atomic E-state index is 0.0636. The molecule has 0 aliphatic carbocycles. The Kier molecular flexibility index (Phi) is 8.18. The number of sulfone groups is 1. The van der Waals surface area contributed by atoms with Gasteiger partial charge >= 0.3 is 0 Å². The summed E-state index contributed by atoms with van der Waals surface area (Å²) < 4.78 is 31.9. The number of para-hydroxylation sites is 1. The van der Waals surface area contributed by atoms with Crippen molar-refractivity contribution in [3.05, 3.63) is 77.7 Å². The highest BCUT2D eigenvalue weighted by molar-refractivity contribution is 7.92. The number of halogens is 1. The second-order valence-corrected chi connectivity index (χ2v) is 12.2. The molecule has 0 unspecified atom stereocenters. The Balaban J connectivity index is 1.70. The van der Waals surface area contributed by atoms with Crippen LogP contribution in [0.4, 0.5) is 23.1 Å². The first kappa shape index (κ1) is 27.3. The summed E-state index contributed by atoms with van der Waals surface area (Å²) in [7, 11) is -3.53. The molecule has 8 nitrogen and oxygen atoms in total. The van der Waals surface area contributed by atoms with Gasteiger partial charge in [0.2, 0.25) is 5.95 Å². The van der Waals surface area contributed by atoms with Crippen molar-refractivity contribution in [3.8, 4) is 16.9 Å². The van der Waals surface area contributed by atoms with Crippen molar-refractivity contribution in [2.75, 3.05) is 10.6 Å². The van der Waals surface area contributed by atoms with E-state index in [0.29, 0.717) is 17.1 Å². The van der Waals surface area contributed by atoms with Gasteiger partial charge in [-0.1, -0.05) is 23.7 Å². The summed E-state index contributed by atoms with van der Waals surface area (Å²) in [6.07, 6.45) is 4.90. The van der Waals surface area contributed by atoms with Crippen LogP contribution in [0.5, 0.6) is 5.75 Å². The molecule has 38 heavy (non-hydrogen) atoms. The molecule has 4 rings (SSSR count). The fourth-order valence-electron chi connectivity index (χ4n) is 3.81. The van der Waals surface area contributed by atoms with E-state index in [-0.39, 0.29) is 27.8 Å². The van der Waals surface area contributed by atoms with Gasteiger partial charge in [-0.3, -0.25) is 4.98 Å². The third-order valence-corrected chi connectivity index (χ3v) is 8.23. The number of rotatable bonds is 9. The van der Waals surface area contributed by atoms with Gasteiger partial charge in [0.1, 0.15) is 10.8 Å². The lowest BCUT2D eigenvalue weighted by molar-refractivity contribution is 0.244. The highest BCUT2D eigenvalue weighted by atomic mass is 35.5. The number of ether oxygens (including phenoxy) is 1. The molecule has 198 valence electrons. The Morgan fingerprint density at radius 3 is 2.34 bits per heavy atom. The van der Waals surface area contributed by atoms with Crippen molar-refractivity contribution in [3.63, 3.8) is 0 Å². The van der Waals surface area contributed by atoms with Gasteiger partial charge in [0.05, 0.1) is 33.8 Å². The standard InChI is InChI=1S/C28H30ClN5O3S/c1-17(2)37-25-15-21(20-10-12-30-13-11-20)19(5)14-24(25)33-28-31-16-22(29)27(34-28)32-23-8-6-7-9-26(23)38(35,36)18(3)4/h6-18H,1-5H3,(H2,31,32,33,34). The summed E-state index contributed by atoms with van der Waals surface area (Å²) in [6, 6.07) is 14.5. The number of benzene rings is 2. The van der Waals surface area contributed by atoms with Crippen LogP contribution in [0.3, 0.4) is 0 Å². The van der Waals surface area contributed by atoms with Crippen LogP contribution in [0.1, 0.15) is 33.3 Å². The summed E-state index contributed by atoms with van der Waals surface area (Å²) >= 11 is 6.40. The lowest BCUT2D eigenvalue weighted by atomic mass is 10.0. The second-order valence-electron chi connectivity index (χ2n) is 9.30. The first-order valence-electron chi connectivity index (χ1n) is 12.2. The average Bonchev–Trinajstić information content (AvgIpc) is 2.88. The number of aromatic nitrogens is 3. The van der Waals surface area contributed by atoms with Gasteiger partial charge in [0, 0.05) is 12.4 Å². The molecular formula is C28H30ClN5O3S. The fraction of sp³-hybridized carbons (Fsp3) is 0.250. The van der Waals surface area contributed by atoms with Crippen LogP contribution in [-0.4, -0.2) is 34.7 Å². The van der Waals surface area contributed by atoms with Crippen molar-refractivity contribution in [2.45, 2.75) is 50.9 Å². The van der Waals surface area contributed by atoms with E-state index in [1.54, 1.807) is 50.5 Å². The molecule has 0 spiro atoms. The molecule has 2 heterocycles. The van der Waals surface area contributed by atoms with E-state index in [0.717, 1.165) is 16.7 Å². The third kappa shape index (κ3) is 6.06. The summed E-state index contributed by atoms with van der Waals surface area (Å²) in [5.41, 5.74) is 4.15. The molecule has 0 amide bonds. The van der Waals surface area contributed by atoms with Gasteiger partial charge in [-0.2, -0.15) is 4.98 Å². The Morgan fingerprint density at radius 2 is 1.66 bits per heavy atom. The molecule has 0 radical (unpaired) electrons. The molecular weight excluding hydrogens is 522 g/mol. The van der Waals surface area contributed by atoms with E-state index in [9.17, 15) is 8.42 Å². The van der Waals surface area contributed by atoms with Crippen LogP contribution in [0.15, 0.2) is 72.0 Å². The van der Waals surface area contributed by atoms with E-state index in [1.165, 1.54) is 6.20 Å². The molecule has 0 bridgehead atoms. The molecule has 0 atom stereocenters. The molecule has 2 aromatic heterocycles. The first-order chi connectivity index (χ1) is 18.1. The zero-order valence-electron chi connectivity index (χ0n) is 21.9. The largest absolute Gasteiger partial charge is 0.489 e. The number of aryl methyl sites for hydroxylation is 1. The van der Waals surface area contributed by atoms with Gasteiger partial charge < -0.3 is 15.4 Å². The van der Waals surface area contributed by atoms with Crippen LogP contribution >= 0.6 is 11.6 Å². The van der Waals surface area contributed by atoms with Gasteiger partial charge in [-0.25, -0.2) is 13.4 Å². The minimum Gasteiger partial charge on any atom is -0.489 e. The quantitative estimate of drug-likeness (QED) is 0.230. The maximum Gasteiger partial charge on any atom is 0.229 e. The first-order valence-corrected chi connectivity index (χ1v) is 14.1. The highest BCUT2D eigenvalue weighted by Gasteiger charge is 2.23. The van der Waals surface area contributed by atoms with Crippen molar-refractivity contribution in [2.24, 2.45) is 0 Å². The van der Waals surface area contributed by atoms with E-state index >= 15 is 0 Å². The number of anilines is 4. The zero-order valence-corrected chi connectivity index (χ0v) is 23.4. The predicted molar refractivity (Wildman–Crippen MR) is 153 cm³/mol. The molecule has 0 aliphatic rings. The van der Waals surface area contributed by atoms with Crippen molar-refractivity contribution in [1.29, 1.82) is 0 Å². The van der Waals surface area contributed by atoms with E-state index < -0.39 is 15.1 Å². The summed E-state index contributed by atoms with van der Waals surface area (Å²) in [6.45, 7) is 9.22. The van der Waals surface area contributed by atoms with E-state index in [1.807, 2.05) is 45.0 Å². The predicted octanol–water partition coefficient (Wildman–Crippen LogP) is 6.96. The molecule has 2 aromatic carbocycles. The monoisotopic (exact) mass is 551 g/mol. The Labute approximate surface area is 228 Å². The molecule has 10 heteroatoms. The molecule has 4 aromatic rings.